The van der Waals surface area contributed by atoms with Crippen LogP contribution < -0.4 is 5.32 Å². The first-order valence-electron chi connectivity index (χ1n) is 7.28. The van der Waals surface area contributed by atoms with Crippen LogP contribution in [0.2, 0.25) is 5.02 Å². The Balaban J connectivity index is 1.95. The zero-order valence-electron chi connectivity index (χ0n) is 13.0. The van der Waals surface area contributed by atoms with E-state index in [1.165, 1.54) is 0 Å². The third kappa shape index (κ3) is 4.53. The van der Waals surface area contributed by atoms with Gasteiger partial charge in [-0.2, -0.15) is 0 Å². The van der Waals surface area contributed by atoms with E-state index in [1.807, 2.05) is 6.92 Å². The molecule has 0 aliphatic heterocycles. The number of hydrogen-bond donors (Lipinski definition) is 1. The minimum absolute atomic E-state index is 0.231. The fourth-order valence-corrected chi connectivity index (χ4v) is 2.00. The van der Waals surface area contributed by atoms with E-state index in [1.54, 1.807) is 29.2 Å². The van der Waals surface area contributed by atoms with Gasteiger partial charge in [-0.3, -0.25) is 14.5 Å². The molecule has 0 spiro atoms. The van der Waals surface area contributed by atoms with Crippen molar-refractivity contribution in [3.8, 4) is 0 Å². The van der Waals surface area contributed by atoms with E-state index < -0.39 is 0 Å². The molecule has 0 fully saturated rings. The van der Waals surface area contributed by atoms with Gasteiger partial charge >= 0.3 is 0 Å². The van der Waals surface area contributed by atoms with Gasteiger partial charge in [-0.05, 0) is 31.4 Å². The molecule has 2 heterocycles. The van der Waals surface area contributed by atoms with Gasteiger partial charge in [0.15, 0.2) is 5.69 Å². The Labute approximate surface area is 134 Å². The van der Waals surface area contributed by atoms with Crippen LogP contribution in [0.1, 0.15) is 49.4 Å². The van der Waals surface area contributed by atoms with Gasteiger partial charge in [-0.15, -0.1) is 5.10 Å². The van der Waals surface area contributed by atoms with Crippen LogP contribution in [0.4, 0.5) is 0 Å². The number of carbonyl (C=O) groups excluding carboxylic acids is 1. The summed E-state index contributed by atoms with van der Waals surface area (Å²) in [6.07, 6.45) is 4.22. The van der Waals surface area contributed by atoms with Crippen LogP contribution in [0, 0.1) is 5.92 Å². The lowest BCUT2D eigenvalue weighted by Gasteiger charge is -2.12. The summed E-state index contributed by atoms with van der Waals surface area (Å²) in [4.78, 5) is 16.4. The molecule has 2 aromatic heterocycles. The minimum atomic E-state index is -0.264. The first kappa shape index (κ1) is 16.4. The smallest absolute Gasteiger partial charge is 0.273 e. The summed E-state index contributed by atoms with van der Waals surface area (Å²) in [6.45, 7) is 6.90. The van der Waals surface area contributed by atoms with Crippen LogP contribution >= 0.6 is 11.6 Å². The van der Waals surface area contributed by atoms with Gasteiger partial charge in [0.05, 0.1) is 23.0 Å². The number of pyridine rings is 1. The molecule has 0 aromatic carbocycles. The Morgan fingerprint density at radius 3 is 2.77 bits per heavy atom. The molecule has 0 aliphatic rings. The Morgan fingerprint density at radius 1 is 1.36 bits per heavy atom. The number of halogens is 1. The molecule has 0 radical (unpaired) electrons. The van der Waals surface area contributed by atoms with E-state index in [0.717, 1.165) is 18.7 Å². The second kappa shape index (κ2) is 7.35. The zero-order valence-corrected chi connectivity index (χ0v) is 13.7. The largest absolute Gasteiger partial charge is 0.342 e. The number of amides is 1. The van der Waals surface area contributed by atoms with E-state index in [9.17, 15) is 4.79 Å². The molecule has 0 aliphatic carbocycles. The molecule has 22 heavy (non-hydrogen) atoms. The molecule has 1 N–H and O–H groups in total. The lowest BCUT2D eigenvalue weighted by molar-refractivity contribution is 0.0934. The molecule has 6 nitrogen and oxygen atoms in total. The highest BCUT2D eigenvalue weighted by Crippen LogP contribution is 2.13. The lowest BCUT2D eigenvalue weighted by Crippen LogP contribution is -2.27. The molecule has 2 aromatic rings. The topological polar surface area (TPSA) is 72.7 Å². The van der Waals surface area contributed by atoms with Crippen LogP contribution in [0.5, 0.6) is 0 Å². The second-order valence-corrected chi connectivity index (χ2v) is 6.08. The summed E-state index contributed by atoms with van der Waals surface area (Å²) in [6, 6.07) is 3.30. The monoisotopic (exact) mass is 321 g/mol. The average Bonchev–Trinajstić information content (AvgIpc) is 2.94. The van der Waals surface area contributed by atoms with E-state index in [0.29, 0.717) is 16.6 Å². The summed E-state index contributed by atoms with van der Waals surface area (Å²) in [5.74, 6) is 0.317. The Hall–Kier alpha value is -1.95. The number of aromatic nitrogens is 4. The highest BCUT2D eigenvalue weighted by molar-refractivity contribution is 6.30. The molecule has 118 valence electrons. The van der Waals surface area contributed by atoms with Crippen molar-refractivity contribution in [2.45, 2.75) is 39.8 Å². The number of carbonyl (C=O) groups is 1. The van der Waals surface area contributed by atoms with Crippen molar-refractivity contribution in [3.05, 3.63) is 40.9 Å². The highest BCUT2D eigenvalue weighted by atomic mass is 35.5. The molecule has 0 unspecified atom stereocenters. The maximum atomic E-state index is 12.2. The quantitative estimate of drug-likeness (QED) is 0.888. The molecule has 1 atom stereocenters. The maximum absolute atomic E-state index is 12.2. The Kier molecular flexibility index (Phi) is 5.49. The third-order valence-electron chi connectivity index (χ3n) is 3.25. The van der Waals surface area contributed by atoms with Crippen molar-refractivity contribution in [2.75, 3.05) is 0 Å². The first-order valence-corrected chi connectivity index (χ1v) is 7.66. The van der Waals surface area contributed by atoms with Crippen LogP contribution in [-0.4, -0.2) is 25.9 Å². The molecule has 0 saturated heterocycles. The summed E-state index contributed by atoms with van der Waals surface area (Å²) in [7, 11) is 0. The van der Waals surface area contributed by atoms with Crippen molar-refractivity contribution in [2.24, 2.45) is 5.92 Å². The normalized spacial score (nSPS) is 12.4. The van der Waals surface area contributed by atoms with E-state index in [-0.39, 0.29) is 11.9 Å². The molecule has 2 rings (SSSR count). The summed E-state index contributed by atoms with van der Waals surface area (Å²) in [5.41, 5.74) is 1.05. The van der Waals surface area contributed by atoms with Crippen LogP contribution in [0.3, 0.4) is 0 Å². The predicted octanol–water partition coefficient (Wildman–Crippen LogP) is 2.86. The molecule has 7 heteroatoms. The van der Waals surface area contributed by atoms with Gasteiger partial charge in [-0.25, -0.2) is 0 Å². The lowest BCUT2D eigenvalue weighted by atomic mass is 10.1. The number of rotatable bonds is 6. The molecule has 0 bridgehead atoms. The predicted molar refractivity (Wildman–Crippen MR) is 84.6 cm³/mol. The minimum Gasteiger partial charge on any atom is -0.342 e. The SMILES string of the molecule is CC(C)CCn1cc(C(=O)N[C@@H](C)c2ccc(Cl)cn2)nn1. The van der Waals surface area contributed by atoms with Crippen molar-refractivity contribution in [1.29, 1.82) is 0 Å². The third-order valence-corrected chi connectivity index (χ3v) is 3.47. The van der Waals surface area contributed by atoms with Gasteiger partial charge in [0, 0.05) is 12.7 Å². The molecule has 0 saturated carbocycles. The van der Waals surface area contributed by atoms with Gasteiger partial charge in [0.1, 0.15) is 0 Å². The standard InChI is InChI=1S/C15H20ClN5O/c1-10(2)6-7-21-9-14(19-20-21)15(22)18-11(3)13-5-4-12(16)8-17-13/h4-5,8-11H,6-7H2,1-3H3,(H,18,22)/t11-/m0/s1. The highest BCUT2D eigenvalue weighted by Gasteiger charge is 2.15. The van der Waals surface area contributed by atoms with Crippen molar-refractivity contribution < 1.29 is 4.79 Å². The number of aryl methyl sites for hydroxylation is 1. The number of nitrogens with one attached hydrogen (secondary N) is 1. The Morgan fingerprint density at radius 2 is 2.14 bits per heavy atom. The van der Waals surface area contributed by atoms with E-state index in [4.69, 9.17) is 11.6 Å². The summed E-state index contributed by atoms with van der Waals surface area (Å²) in [5, 5.41) is 11.3. The van der Waals surface area contributed by atoms with Gasteiger partial charge in [-0.1, -0.05) is 30.7 Å². The second-order valence-electron chi connectivity index (χ2n) is 5.65. The van der Waals surface area contributed by atoms with E-state index >= 15 is 0 Å². The maximum Gasteiger partial charge on any atom is 0.273 e. The van der Waals surface area contributed by atoms with Crippen LogP contribution in [0.25, 0.3) is 0 Å². The molecular weight excluding hydrogens is 302 g/mol. The van der Waals surface area contributed by atoms with Gasteiger partial charge in [0.25, 0.3) is 5.91 Å². The number of nitrogens with zero attached hydrogens (tertiary/aromatic N) is 4. The van der Waals surface area contributed by atoms with Gasteiger partial charge < -0.3 is 5.32 Å². The average molecular weight is 322 g/mol. The van der Waals surface area contributed by atoms with Crippen molar-refractivity contribution in [1.82, 2.24) is 25.3 Å². The Bertz CT molecular complexity index is 623. The molecular formula is C15H20ClN5O. The van der Waals surface area contributed by atoms with Crippen molar-refractivity contribution in [3.63, 3.8) is 0 Å². The van der Waals surface area contributed by atoms with Crippen LogP contribution in [-0.2, 0) is 6.54 Å². The zero-order chi connectivity index (χ0) is 16.1. The van der Waals surface area contributed by atoms with Crippen molar-refractivity contribution >= 4 is 17.5 Å². The fraction of sp³-hybridized carbons (Fsp3) is 0.467. The fourth-order valence-electron chi connectivity index (χ4n) is 1.89. The van der Waals surface area contributed by atoms with Gasteiger partial charge in [0.2, 0.25) is 0 Å². The molecule has 1 amide bonds. The van der Waals surface area contributed by atoms with Crippen LogP contribution in [0.15, 0.2) is 24.5 Å². The van der Waals surface area contributed by atoms with E-state index in [2.05, 4.69) is 34.5 Å². The number of hydrogen-bond acceptors (Lipinski definition) is 4. The first-order chi connectivity index (χ1) is 10.5. The summed E-state index contributed by atoms with van der Waals surface area (Å²) < 4.78 is 1.69. The summed E-state index contributed by atoms with van der Waals surface area (Å²) >= 11 is 5.80.